The van der Waals surface area contributed by atoms with Crippen molar-refractivity contribution in [3.8, 4) is 22.6 Å². The van der Waals surface area contributed by atoms with Crippen LogP contribution in [0, 0.1) is 18.6 Å². The maximum atomic E-state index is 14.1. The van der Waals surface area contributed by atoms with Gasteiger partial charge in [0.2, 0.25) is 0 Å². The Bertz CT molecular complexity index is 1330. The minimum atomic E-state index is -3.54. The lowest BCUT2D eigenvalue weighted by atomic mass is 10.1. The van der Waals surface area contributed by atoms with Gasteiger partial charge in [-0.2, -0.15) is 0 Å². The summed E-state index contributed by atoms with van der Waals surface area (Å²) in [6.07, 6.45) is 3.72. The Morgan fingerprint density at radius 1 is 1.03 bits per heavy atom. The zero-order valence-corrected chi connectivity index (χ0v) is 17.2. The van der Waals surface area contributed by atoms with Gasteiger partial charge in [-0.1, -0.05) is 0 Å². The molecule has 7 nitrogen and oxygen atoms in total. The maximum absolute atomic E-state index is 14.1. The molecule has 10 heteroatoms. The predicted octanol–water partition coefficient (Wildman–Crippen LogP) is 2.60. The van der Waals surface area contributed by atoms with Crippen molar-refractivity contribution in [1.29, 1.82) is 0 Å². The van der Waals surface area contributed by atoms with Crippen LogP contribution in [0.2, 0.25) is 0 Å². The van der Waals surface area contributed by atoms with Crippen LogP contribution in [0.3, 0.4) is 0 Å². The van der Waals surface area contributed by atoms with Crippen molar-refractivity contribution < 1.29 is 21.9 Å². The molecule has 1 aromatic carbocycles. The lowest BCUT2D eigenvalue weighted by Crippen LogP contribution is -2.23. The summed E-state index contributed by atoms with van der Waals surface area (Å²) < 4.78 is 58.5. The van der Waals surface area contributed by atoms with Gasteiger partial charge in [-0.3, -0.25) is 14.2 Å². The minimum Gasteiger partial charge on any atom is -0.453 e. The van der Waals surface area contributed by atoms with Gasteiger partial charge >= 0.3 is 0 Å². The third-order valence-electron chi connectivity index (χ3n) is 4.25. The number of hydrogen-bond acceptors (Lipinski definition) is 5. The molecule has 0 saturated heterocycles. The maximum Gasteiger partial charge on any atom is 0.255 e. The largest absolute Gasteiger partial charge is 0.453 e. The molecule has 30 heavy (non-hydrogen) atoms. The first kappa shape index (κ1) is 21.4. The molecule has 0 amide bonds. The van der Waals surface area contributed by atoms with E-state index in [0.29, 0.717) is 17.2 Å². The summed E-state index contributed by atoms with van der Waals surface area (Å²) in [5, 5.41) is 0. The normalized spacial score (nSPS) is 11.5. The van der Waals surface area contributed by atoms with E-state index >= 15 is 0 Å². The van der Waals surface area contributed by atoms with E-state index in [4.69, 9.17) is 4.74 Å². The molecule has 2 aromatic heterocycles. The Hall–Kier alpha value is -3.27. The molecule has 0 atom stereocenters. The summed E-state index contributed by atoms with van der Waals surface area (Å²) in [6.45, 7) is 1.60. The number of aromatic nitrogens is 2. The SMILES string of the molecule is Cc1cc(-c2cn(CS(C)(=O)=O)c(=O)cc2Oc2ccc(F)cc2F)cn(C)c1=O. The van der Waals surface area contributed by atoms with Crippen molar-refractivity contribution in [2.45, 2.75) is 12.8 Å². The molecule has 0 aliphatic carbocycles. The van der Waals surface area contributed by atoms with Gasteiger partial charge in [0.1, 0.15) is 17.4 Å². The number of aryl methyl sites for hydroxylation is 2. The van der Waals surface area contributed by atoms with Crippen LogP contribution in [0.4, 0.5) is 8.78 Å². The number of hydrogen-bond donors (Lipinski definition) is 0. The van der Waals surface area contributed by atoms with Gasteiger partial charge < -0.3 is 9.30 Å². The van der Waals surface area contributed by atoms with Crippen molar-refractivity contribution in [2.24, 2.45) is 7.05 Å². The van der Waals surface area contributed by atoms with Crippen LogP contribution in [0.1, 0.15) is 5.56 Å². The zero-order chi connectivity index (χ0) is 22.2. The first-order valence-corrected chi connectivity index (χ1v) is 10.7. The van der Waals surface area contributed by atoms with E-state index in [-0.39, 0.29) is 22.6 Å². The number of rotatable bonds is 5. The Morgan fingerprint density at radius 2 is 1.73 bits per heavy atom. The van der Waals surface area contributed by atoms with Crippen LogP contribution < -0.4 is 15.9 Å². The average Bonchev–Trinajstić information content (AvgIpc) is 2.62. The van der Waals surface area contributed by atoms with Crippen LogP contribution in [-0.4, -0.2) is 23.8 Å². The Morgan fingerprint density at radius 3 is 2.33 bits per heavy atom. The molecule has 0 fully saturated rings. The zero-order valence-electron chi connectivity index (χ0n) is 16.3. The number of nitrogens with zero attached hydrogens (tertiary/aromatic N) is 2. The molecule has 0 unspecified atom stereocenters. The molecule has 0 bridgehead atoms. The molecular weight excluding hydrogens is 418 g/mol. The van der Waals surface area contributed by atoms with Gasteiger partial charge in [0.25, 0.3) is 11.1 Å². The van der Waals surface area contributed by atoms with E-state index in [1.165, 1.54) is 24.0 Å². The summed E-state index contributed by atoms with van der Waals surface area (Å²) in [7, 11) is -2.01. The topological polar surface area (TPSA) is 87.4 Å². The van der Waals surface area contributed by atoms with Crippen molar-refractivity contribution >= 4 is 9.84 Å². The lowest BCUT2D eigenvalue weighted by molar-refractivity contribution is 0.437. The molecular formula is C20H18F2N2O5S. The number of ether oxygens (including phenoxy) is 1. The predicted molar refractivity (Wildman–Crippen MR) is 107 cm³/mol. The van der Waals surface area contributed by atoms with Crippen LogP contribution in [0.5, 0.6) is 11.5 Å². The second-order valence-corrected chi connectivity index (χ2v) is 9.03. The molecule has 2 heterocycles. The third-order valence-corrected chi connectivity index (χ3v) is 5.00. The highest BCUT2D eigenvalue weighted by Gasteiger charge is 2.17. The molecule has 3 aromatic rings. The summed E-state index contributed by atoms with van der Waals surface area (Å²) in [5.41, 5.74) is 0.156. The van der Waals surface area contributed by atoms with Crippen LogP contribution in [0.15, 0.2) is 52.3 Å². The second kappa shape index (κ2) is 7.86. The minimum absolute atomic E-state index is 0.0756. The molecule has 3 rings (SSSR count). The summed E-state index contributed by atoms with van der Waals surface area (Å²) >= 11 is 0. The fraction of sp³-hybridized carbons (Fsp3) is 0.200. The van der Waals surface area contributed by atoms with Crippen LogP contribution in [-0.2, 0) is 22.8 Å². The highest BCUT2D eigenvalue weighted by atomic mass is 32.2. The van der Waals surface area contributed by atoms with E-state index < -0.39 is 32.9 Å². The molecule has 0 spiro atoms. The first-order valence-electron chi connectivity index (χ1n) is 8.67. The number of halogens is 2. The summed E-state index contributed by atoms with van der Waals surface area (Å²) in [6, 6.07) is 5.27. The monoisotopic (exact) mass is 436 g/mol. The molecule has 0 saturated carbocycles. The first-order chi connectivity index (χ1) is 13.9. The van der Waals surface area contributed by atoms with E-state index in [9.17, 15) is 26.8 Å². The van der Waals surface area contributed by atoms with E-state index in [1.807, 2.05) is 0 Å². The second-order valence-electron chi connectivity index (χ2n) is 6.92. The third kappa shape index (κ3) is 4.65. The van der Waals surface area contributed by atoms with Gasteiger partial charge in [-0.25, -0.2) is 17.2 Å². The summed E-state index contributed by atoms with van der Waals surface area (Å²) in [4.78, 5) is 24.5. The highest BCUT2D eigenvalue weighted by Crippen LogP contribution is 2.33. The summed E-state index contributed by atoms with van der Waals surface area (Å²) in [5.74, 6) is -2.74. The van der Waals surface area contributed by atoms with Gasteiger partial charge in [-0.05, 0) is 25.1 Å². The molecule has 158 valence electrons. The van der Waals surface area contributed by atoms with Crippen LogP contribution in [0.25, 0.3) is 11.1 Å². The van der Waals surface area contributed by atoms with Crippen molar-refractivity contribution in [2.75, 3.05) is 6.26 Å². The number of sulfone groups is 1. The average molecular weight is 436 g/mol. The Labute approximate surface area is 170 Å². The molecule has 0 aliphatic heterocycles. The van der Waals surface area contributed by atoms with Crippen molar-refractivity contribution in [1.82, 2.24) is 9.13 Å². The fourth-order valence-electron chi connectivity index (χ4n) is 2.91. The molecule has 0 aliphatic rings. The fourth-order valence-corrected chi connectivity index (χ4v) is 3.62. The standard InChI is InChI=1S/C20H18F2N2O5S/c1-12-6-13(9-23(2)20(12)26)15-10-24(11-30(3,27)28)19(25)8-18(15)29-17-5-4-14(21)7-16(17)22/h4-10H,11H2,1-3H3. The van der Waals surface area contributed by atoms with E-state index in [1.54, 1.807) is 13.0 Å². The quantitative estimate of drug-likeness (QED) is 0.614. The lowest BCUT2D eigenvalue weighted by Gasteiger charge is -2.15. The molecule has 0 N–H and O–H groups in total. The van der Waals surface area contributed by atoms with E-state index in [0.717, 1.165) is 29.0 Å². The van der Waals surface area contributed by atoms with Gasteiger partial charge in [0.05, 0.1) is 0 Å². The Kier molecular flexibility index (Phi) is 5.62. The Balaban J connectivity index is 2.24. The van der Waals surface area contributed by atoms with E-state index in [2.05, 4.69) is 0 Å². The van der Waals surface area contributed by atoms with Gasteiger partial charge in [0, 0.05) is 54.5 Å². The van der Waals surface area contributed by atoms with Crippen molar-refractivity contribution in [3.05, 3.63) is 80.6 Å². The number of benzene rings is 1. The van der Waals surface area contributed by atoms with Gasteiger partial charge in [0.15, 0.2) is 21.4 Å². The van der Waals surface area contributed by atoms with Crippen LogP contribution >= 0.6 is 0 Å². The number of pyridine rings is 2. The highest BCUT2D eigenvalue weighted by molar-refractivity contribution is 7.89. The smallest absolute Gasteiger partial charge is 0.255 e. The van der Waals surface area contributed by atoms with Crippen molar-refractivity contribution in [3.63, 3.8) is 0 Å². The molecule has 0 radical (unpaired) electrons. The van der Waals surface area contributed by atoms with Gasteiger partial charge in [-0.15, -0.1) is 0 Å².